The summed E-state index contributed by atoms with van der Waals surface area (Å²) in [7, 11) is -3.74. The Morgan fingerprint density at radius 1 is 1.23 bits per heavy atom. The van der Waals surface area contributed by atoms with Crippen LogP contribution in [0.25, 0.3) is 0 Å². The average Bonchev–Trinajstić information content (AvgIpc) is 3.06. The van der Waals surface area contributed by atoms with Crippen molar-refractivity contribution in [2.45, 2.75) is 17.4 Å². The molecule has 142 valence electrons. The Balaban J connectivity index is 1.72. The number of hydrogen-bond acceptors (Lipinski definition) is 7. The van der Waals surface area contributed by atoms with E-state index in [-0.39, 0.29) is 24.7 Å². The van der Waals surface area contributed by atoms with Crippen molar-refractivity contribution in [3.63, 3.8) is 0 Å². The standard InChI is InChI=1S/C17H21NO6S2/c19-6-9-24-16(17-3-1-10-25-17)12-18-26(20,21)13-4-5-14-15(11-13)23-8-2-7-22-14/h1,3-5,10-11,16,18-19H,2,6-9,12H2. The SMILES string of the molecule is O=S(=O)(NCC(OCCO)c1cccs1)c1ccc2c(c1)OCCCO2. The van der Waals surface area contributed by atoms with Gasteiger partial charge in [-0.1, -0.05) is 6.07 Å². The van der Waals surface area contributed by atoms with Gasteiger partial charge >= 0.3 is 0 Å². The summed E-state index contributed by atoms with van der Waals surface area (Å²) >= 11 is 1.47. The number of sulfonamides is 1. The molecule has 2 heterocycles. The zero-order chi connectivity index (χ0) is 18.4. The molecule has 0 saturated carbocycles. The van der Waals surface area contributed by atoms with Crippen LogP contribution in [0.4, 0.5) is 0 Å². The predicted molar refractivity (Wildman–Crippen MR) is 97.3 cm³/mol. The molecule has 9 heteroatoms. The average molecular weight is 399 g/mol. The van der Waals surface area contributed by atoms with Gasteiger partial charge in [-0.3, -0.25) is 0 Å². The highest BCUT2D eigenvalue weighted by molar-refractivity contribution is 7.89. The van der Waals surface area contributed by atoms with Crippen molar-refractivity contribution in [1.82, 2.24) is 4.72 Å². The van der Waals surface area contributed by atoms with Gasteiger partial charge in [0.05, 0.1) is 31.3 Å². The van der Waals surface area contributed by atoms with Gasteiger partial charge in [-0.15, -0.1) is 11.3 Å². The molecular formula is C17H21NO6S2. The molecule has 1 aliphatic rings. The molecule has 1 atom stereocenters. The van der Waals surface area contributed by atoms with Crippen LogP contribution in [-0.2, 0) is 14.8 Å². The van der Waals surface area contributed by atoms with Crippen LogP contribution in [0.2, 0.25) is 0 Å². The molecule has 2 aromatic rings. The van der Waals surface area contributed by atoms with Crippen LogP contribution in [0.1, 0.15) is 17.4 Å². The lowest BCUT2D eigenvalue weighted by Gasteiger charge is -2.17. The van der Waals surface area contributed by atoms with Gasteiger partial charge in [0, 0.05) is 23.9 Å². The molecule has 0 amide bonds. The number of ether oxygens (including phenoxy) is 3. The van der Waals surface area contributed by atoms with Crippen LogP contribution >= 0.6 is 11.3 Å². The van der Waals surface area contributed by atoms with Gasteiger partial charge in [-0.05, 0) is 23.6 Å². The second-order valence-corrected chi connectivity index (χ2v) is 8.36. The van der Waals surface area contributed by atoms with E-state index in [9.17, 15) is 8.42 Å². The first-order valence-corrected chi connectivity index (χ1v) is 10.6. The van der Waals surface area contributed by atoms with Crippen LogP contribution in [0.3, 0.4) is 0 Å². The minimum Gasteiger partial charge on any atom is -0.490 e. The van der Waals surface area contributed by atoms with E-state index in [1.54, 1.807) is 6.07 Å². The Hall–Kier alpha value is -1.65. The number of thiophene rings is 1. The van der Waals surface area contributed by atoms with Crippen molar-refractivity contribution < 1.29 is 27.7 Å². The summed E-state index contributed by atoms with van der Waals surface area (Å²) in [6, 6.07) is 8.30. The number of aliphatic hydroxyl groups excluding tert-OH is 1. The first-order valence-electron chi connectivity index (χ1n) is 8.25. The molecule has 0 saturated heterocycles. The summed E-state index contributed by atoms with van der Waals surface area (Å²) in [4.78, 5) is 0.994. The van der Waals surface area contributed by atoms with Crippen molar-refractivity contribution in [3.8, 4) is 11.5 Å². The zero-order valence-electron chi connectivity index (χ0n) is 14.1. The Labute approximate surface area is 156 Å². The van der Waals surface area contributed by atoms with E-state index < -0.39 is 16.1 Å². The second-order valence-electron chi connectivity index (χ2n) is 5.61. The first kappa shape index (κ1) is 19.1. The Bertz CT molecular complexity index is 807. The number of hydrogen-bond donors (Lipinski definition) is 2. The van der Waals surface area contributed by atoms with E-state index in [0.29, 0.717) is 24.7 Å². The third-order valence-electron chi connectivity index (χ3n) is 3.76. The molecule has 2 N–H and O–H groups in total. The highest BCUT2D eigenvalue weighted by Crippen LogP contribution is 2.32. The maximum Gasteiger partial charge on any atom is 0.240 e. The summed E-state index contributed by atoms with van der Waals surface area (Å²) in [5.74, 6) is 0.973. The molecule has 7 nitrogen and oxygen atoms in total. The van der Waals surface area contributed by atoms with Gasteiger partial charge in [0.25, 0.3) is 0 Å². The van der Waals surface area contributed by atoms with Gasteiger partial charge in [0.15, 0.2) is 11.5 Å². The maximum absolute atomic E-state index is 12.6. The van der Waals surface area contributed by atoms with Crippen molar-refractivity contribution in [2.24, 2.45) is 0 Å². The van der Waals surface area contributed by atoms with Gasteiger partial charge in [0.1, 0.15) is 6.10 Å². The third-order valence-corrected chi connectivity index (χ3v) is 6.14. The Morgan fingerprint density at radius 3 is 2.77 bits per heavy atom. The van der Waals surface area contributed by atoms with Crippen molar-refractivity contribution in [2.75, 3.05) is 33.0 Å². The fourth-order valence-electron chi connectivity index (χ4n) is 2.49. The molecule has 1 aromatic heterocycles. The van der Waals surface area contributed by atoms with E-state index in [1.807, 2.05) is 17.5 Å². The van der Waals surface area contributed by atoms with Gasteiger partial charge in [-0.25, -0.2) is 13.1 Å². The van der Waals surface area contributed by atoms with E-state index in [4.69, 9.17) is 19.3 Å². The largest absolute Gasteiger partial charge is 0.490 e. The predicted octanol–water partition coefficient (Wildman–Crippen LogP) is 1.94. The molecular weight excluding hydrogens is 378 g/mol. The Morgan fingerprint density at radius 2 is 2.04 bits per heavy atom. The monoisotopic (exact) mass is 399 g/mol. The van der Waals surface area contributed by atoms with Crippen LogP contribution in [0.5, 0.6) is 11.5 Å². The van der Waals surface area contributed by atoms with Gasteiger partial charge in [-0.2, -0.15) is 0 Å². The summed E-state index contributed by atoms with van der Waals surface area (Å²) in [5.41, 5.74) is 0. The summed E-state index contributed by atoms with van der Waals surface area (Å²) < 4.78 is 44.5. The molecule has 26 heavy (non-hydrogen) atoms. The molecule has 1 aromatic carbocycles. The molecule has 3 rings (SSSR count). The summed E-state index contributed by atoms with van der Waals surface area (Å²) in [6.45, 7) is 1.10. The number of aliphatic hydroxyl groups is 1. The molecule has 0 bridgehead atoms. The lowest BCUT2D eigenvalue weighted by Crippen LogP contribution is -2.29. The lowest BCUT2D eigenvalue weighted by atomic mass is 10.3. The van der Waals surface area contributed by atoms with Crippen molar-refractivity contribution in [1.29, 1.82) is 0 Å². The first-order chi connectivity index (χ1) is 12.6. The fourth-order valence-corrected chi connectivity index (χ4v) is 4.31. The lowest BCUT2D eigenvalue weighted by molar-refractivity contribution is 0.0328. The Kier molecular flexibility index (Phi) is 6.49. The quantitative estimate of drug-likeness (QED) is 0.705. The molecule has 0 radical (unpaired) electrons. The van der Waals surface area contributed by atoms with E-state index in [0.717, 1.165) is 11.3 Å². The highest BCUT2D eigenvalue weighted by atomic mass is 32.2. The highest BCUT2D eigenvalue weighted by Gasteiger charge is 2.21. The van der Waals surface area contributed by atoms with Crippen molar-refractivity contribution >= 4 is 21.4 Å². The van der Waals surface area contributed by atoms with Crippen LogP contribution in [-0.4, -0.2) is 46.5 Å². The van der Waals surface area contributed by atoms with E-state index >= 15 is 0 Å². The second kappa shape index (κ2) is 8.83. The molecule has 1 aliphatic heterocycles. The third kappa shape index (κ3) is 4.74. The van der Waals surface area contributed by atoms with E-state index in [2.05, 4.69) is 4.72 Å². The van der Waals surface area contributed by atoms with Crippen LogP contribution < -0.4 is 14.2 Å². The van der Waals surface area contributed by atoms with Crippen LogP contribution in [0, 0.1) is 0 Å². The smallest absolute Gasteiger partial charge is 0.240 e. The molecule has 1 unspecified atom stereocenters. The molecule has 0 aliphatic carbocycles. The van der Waals surface area contributed by atoms with Gasteiger partial charge < -0.3 is 19.3 Å². The van der Waals surface area contributed by atoms with Crippen molar-refractivity contribution in [3.05, 3.63) is 40.6 Å². The number of benzene rings is 1. The summed E-state index contributed by atoms with van der Waals surface area (Å²) in [6.07, 6.45) is 0.289. The number of rotatable bonds is 8. The summed E-state index contributed by atoms with van der Waals surface area (Å²) in [5, 5.41) is 10.9. The number of nitrogens with one attached hydrogen (secondary N) is 1. The fraction of sp³-hybridized carbons (Fsp3) is 0.412. The van der Waals surface area contributed by atoms with Crippen LogP contribution in [0.15, 0.2) is 40.6 Å². The van der Waals surface area contributed by atoms with E-state index in [1.165, 1.54) is 23.5 Å². The zero-order valence-corrected chi connectivity index (χ0v) is 15.7. The minimum atomic E-state index is -3.74. The minimum absolute atomic E-state index is 0.0668. The maximum atomic E-state index is 12.6. The molecule has 0 spiro atoms. The normalized spacial score (nSPS) is 15.4. The molecule has 0 fully saturated rings. The topological polar surface area (TPSA) is 94.1 Å². The number of fused-ring (bicyclic) bond motifs is 1. The van der Waals surface area contributed by atoms with Gasteiger partial charge in [0.2, 0.25) is 10.0 Å².